The van der Waals surface area contributed by atoms with Crippen molar-refractivity contribution in [1.82, 2.24) is 0 Å². The number of rotatable bonds is 1. The molecule has 7 rings (SSSR count). The van der Waals surface area contributed by atoms with E-state index in [-0.39, 0.29) is 0 Å². The summed E-state index contributed by atoms with van der Waals surface area (Å²) in [6.07, 6.45) is 1.01. The molecule has 0 spiro atoms. The molecule has 0 saturated heterocycles. The Bertz CT molecular complexity index is 1650. The highest BCUT2D eigenvalue weighted by atomic mass is 14.3. The van der Waals surface area contributed by atoms with Crippen LogP contribution in [0.4, 0.5) is 0 Å². The van der Waals surface area contributed by atoms with Crippen molar-refractivity contribution in [3.05, 3.63) is 120 Å². The Labute approximate surface area is 181 Å². The van der Waals surface area contributed by atoms with Gasteiger partial charge in [0.15, 0.2) is 0 Å². The minimum atomic E-state index is 1.01. The van der Waals surface area contributed by atoms with Gasteiger partial charge in [0, 0.05) is 0 Å². The summed E-state index contributed by atoms with van der Waals surface area (Å²) in [5.74, 6) is 0. The Morgan fingerprint density at radius 1 is 0.387 bits per heavy atom. The molecule has 0 fully saturated rings. The van der Waals surface area contributed by atoms with Gasteiger partial charge in [-0.3, -0.25) is 0 Å². The second kappa shape index (κ2) is 6.30. The highest BCUT2D eigenvalue weighted by Gasteiger charge is 2.22. The lowest BCUT2D eigenvalue weighted by Crippen LogP contribution is -1.90. The van der Waals surface area contributed by atoms with Crippen molar-refractivity contribution in [3.8, 4) is 22.3 Å². The molecule has 0 nitrogen and oxygen atoms in total. The predicted octanol–water partition coefficient (Wildman–Crippen LogP) is 8.38. The Balaban J connectivity index is 1.62. The van der Waals surface area contributed by atoms with Gasteiger partial charge in [0.1, 0.15) is 0 Å². The van der Waals surface area contributed by atoms with E-state index in [0.29, 0.717) is 0 Å². The van der Waals surface area contributed by atoms with E-state index in [1.54, 1.807) is 0 Å². The van der Waals surface area contributed by atoms with Gasteiger partial charge in [0.25, 0.3) is 0 Å². The summed E-state index contributed by atoms with van der Waals surface area (Å²) in [4.78, 5) is 0. The molecule has 0 aromatic heterocycles. The van der Waals surface area contributed by atoms with Crippen molar-refractivity contribution >= 4 is 32.3 Å². The second-order valence-corrected chi connectivity index (χ2v) is 8.52. The largest absolute Gasteiger partial charge is 0.0619 e. The SMILES string of the molecule is c1ccc2c(c1)Cc1c-2ccc2cccc(-c3cccc4ccc5ccccc5c34)c12. The van der Waals surface area contributed by atoms with E-state index in [1.807, 2.05) is 0 Å². The molecule has 0 N–H and O–H groups in total. The number of hydrogen-bond donors (Lipinski definition) is 0. The maximum Gasteiger partial charge on any atom is -0.000706 e. The fourth-order valence-electron chi connectivity index (χ4n) is 5.53. The molecule has 6 aromatic carbocycles. The molecule has 31 heavy (non-hydrogen) atoms. The molecule has 6 aromatic rings. The van der Waals surface area contributed by atoms with Crippen LogP contribution >= 0.6 is 0 Å². The van der Waals surface area contributed by atoms with Gasteiger partial charge in [-0.05, 0) is 72.1 Å². The Kier molecular flexibility index (Phi) is 3.42. The molecule has 0 atom stereocenters. The van der Waals surface area contributed by atoms with E-state index in [0.717, 1.165) is 6.42 Å². The molecule has 0 radical (unpaired) electrons. The van der Waals surface area contributed by atoms with Crippen molar-refractivity contribution in [2.45, 2.75) is 6.42 Å². The lowest BCUT2D eigenvalue weighted by Gasteiger charge is -2.15. The molecule has 0 bridgehead atoms. The molecule has 0 heterocycles. The van der Waals surface area contributed by atoms with Gasteiger partial charge in [-0.2, -0.15) is 0 Å². The molecule has 0 saturated carbocycles. The van der Waals surface area contributed by atoms with Crippen LogP contribution < -0.4 is 0 Å². The van der Waals surface area contributed by atoms with E-state index in [1.165, 1.54) is 65.7 Å². The Morgan fingerprint density at radius 2 is 1.00 bits per heavy atom. The van der Waals surface area contributed by atoms with Crippen LogP contribution in [0.2, 0.25) is 0 Å². The first-order chi connectivity index (χ1) is 15.4. The summed E-state index contributed by atoms with van der Waals surface area (Å²) in [5, 5.41) is 7.98. The fraction of sp³-hybridized carbons (Fsp3) is 0.0323. The van der Waals surface area contributed by atoms with Crippen molar-refractivity contribution in [2.75, 3.05) is 0 Å². The van der Waals surface area contributed by atoms with Crippen LogP contribution in [-0.2, 0) is 6.42 Å². The van der Waals surface area contributed by atoms with Crippen molar-refractivity contribution in [1.29, 1.82) is 0 Å². The summed E-state index contributed by atoms with van der Waals surface area (Å²) in [6, 6.07) is 40.2. The average Bonchev–Trinajstić information content (AvgIpc) is 3.22. The average molecular weight is 393 g/mol. The maximum atomic E-state index is 2.31. The third-order valence-electron chi connectivity index (χ3n) is 6.89. The van der Waals surface area contributed by atoms with E-state index in [9.17, 15) is 0 Å². The van der Waals surface area contributed by atoms with E-state index in [4.69, 9.17) is 0 Å². The highest BCUT2D eigenvalue weighted by Crippen LogP contribution is 2.45. The zero-order valence-electron chi connectivity index (χ0n) is 17.1. The molecule has 1 aliphatic carbocycles. The van der Waals surface area contributed by atoms with E-state index in [2.05, 4.69) is 109 Å². The predicted molar refractivity (Wildman–Crippen MR) is 133 cm³/mol. The first kappa shape index (κ1) is 16.8. The number of hydrogen-bond acceptors (Lipinski definition) is 0. The third kappa shape index (κ3) is 2.36. The van der Waals surface area contributed by atoms with Crippen LogP contribution in [0.5, 0.6) is 0 Å². The molecule has 0 unspecified atom stereocenters. The third-order valence-corrected chi connectivity index (χ3v) is 6.89. The Morgan fingerprint density at radius 3 is 1.90 bits per heavy atom. The minimum absolute atomic E-state index is 1.01. The first-order valence-electron chi connectivity index (χ1n) is 10.9. The van der Waals surface area contributed by atoms with Gasteiger partial charge in [-0.15, -0.1) is 0 Å². The van der Waals surface area contributed by atoms with Crippen LogP contribution in [0.1, 0.15) is 11.1 Å². The highest BCUT2D eigenvalue weighted by molar-refractivity contribution is 6.17. The van der Waals surface area contributed by atoms with Crippen LogP contribution in [-0.4, -0.2) is 0 Å². The van der Waals surface area contributed by atoms with Crippen molar-refractivity contribution < 1.29 is 0 Å². The van der Waals surface area contributed by atoms with Gasteiger partial charge in [-0.25, -0.2) is 0 Å². The van der Waals surface area contributed by atoms with Crippen LogP contribution in [0.25, 0.3) is 54.6 Å². The maximum absolute atomic E-state index is 2.31. The topological polar surface area (TPSA) is 0 Å². The summed E-state index contributed by atoms with van der Waals surface area (Å²) >= 11 is 0. The monoisotopic (exact) mass is 392 g/mol. The molecule has 0 amide bonds. The first-order valence-corrected chi connectivity index (χ1v) is 10.9. The van der Waals surface area contributed by atoms with Crippen LogP contribution in [0, 0.1) is 0 Å². The van der Waals surface area contributed by atoms with Crippen molar-refractivity contribution in [3.63, 3.8) is 0 Å². The molecule has 1 aliphatic rings. The summed E-state index contributed by atoms with van der Waals surface area (Å²) in [7, 11) is 0. The number of fused-ring (bicyclic) bond motifs is 8. The number of benzene rings is 6. The van der Waals surface area contributed by atoms with Crippen molar-refractivity contribution in [2.24, 2.45) is 0 Å². The van der Waals surface area contributed by atoms with Gasteiger partial charge in [0.2, 0.25) is 0 Å². The van der Waals surface area contributed by atoms with Gasteiger partial charge >= 0.3 is 0 Å². The van der Waals surface area contributed by atoms with E-state index >= 15 is 0 Å². The summed E-state index contributed by atoms with van der Waals surface area (Å²) in [5.41, 5.74) is 8.33. The fourth-order valence-corrected chi connectivity index (χ4v) is 5.53. The molecular weight excluding hydrogens is 372 g/mol. The van der Waals surface area contributed by atoms with Gasteiger partial charge < -0.3 is 0 Å². The summed E-state index contributed by atoms with van der Waals surface area (Å²) < 4.78 is 0. The smallest absolute Gasteiger partial charge is 0.000706 e. The molecule has 0 heteroatoms. The normalized spacial score (nSPS) is 12.4. The molecule has 144 valence electrons. The van der Waals surface area contributed by atoms with Crippen LogP contribution in [0.3, 0.4) is 0 Å². The lowest BCUT2D eigenvalue weighted by molar-refractivity contribution is 1.28. The van der Waals surface area contributed by atoms with Gasteiger partial charge in [-0.1, -0.05) is 109 Å². The second-order valence-electron chi connectivity index (χ2n) is 8.52. The standard InChI is InChI=1S/C31H20/c1-4-12-25-20(7-1)15-16-21-9-5-13-27(30(21)25)28-14-6-10-22-17-18-26-24-11-3-2-8-23(24)19-29(26)31(22)28/h1-18H,19H2. The van der Waals surface area contributed by atoms with E-state index < -0.39 is 0 Å². The quantitative estimate of drug-likeness (QED) is 0.246. The zero-order chi connectivity index (χ0) is 20.4. The molecular formula is C31H20. The van der Waals surface area contributed by atoms with Gasteiger partial charge in [0.05, 0.1) is 0 Å². The zero-order valence-corrected chi connectivity index (χ0v) is 17.1. The Hall–Kier alpha value is -3.90. The summed E-state index contributed by atoms with van der Waals surface area (Å²) in [6.45, 7) is 0. The minimum Gasteiger partial charge on any atom is -0.0619 e. The lowest BCUT2D eigenvalue weighted by atomic mass is 9.88. The van der Waals surface area contributed by atoms with Crippen LogP contribution in [0.15, 0.2) is 109 Å². The molecule has 0 aliphatic heterocycles.